The number of carbonyl (C=O) groups is 1. The molecule has 0 saturated carbocycles. The number of hydrogen-bond donors (Lipinski definition) is 0. The predicted octanol–water partition coefficient (Wildman–Crippen LogP) is 2.14. The molecule has 3 rings (SSSR count). The maximum absolute atomic E-state index is 12.8. The average molecular weight is 390 g/mol. The monoisotopic (exact) mass is 389 g/mol. The molecule has 0 N–H and O–H groups in total. The number of piperazine rings is 1. The summed E-state index contributed by atoms with van der Waals surface area (Å²) >= 11 is 1.45. The molecule has 0 bridgehead atoms. The number of rotatable bonds is 6. The lowest BCUT2D eigenvalue weighted by Gasteiger charge is -2.35. The molecule has 0 aliphatic carbocycles. The van der Waals surface area contributed by atoms with Crippen LogP contribution in [-0.4, -0.2) is 75.6 Å². The van der Waals surface area contributed by atoms with Crippen molar-refractivity contribution in [2.24, 2.45) is 7.05 Å². The number of benzene rings is 1. The lowest BCUT2D eigenvalue weighted by atomic mass is 10.2. The molecule has 7 nitrogen and oxygen atoms in total. The van der Waals surface area contributed by atoms with Crippen molar-refractivity contribution in [3.05, 3.63) is 24.3 Å². The summed E-state index contributed by atoms with van der Waals surface area (Å²) in [6.07, 6.45) is 0. The van der Waals surface area contributed by atoms with Gasteiger partial charge in [0.1, 0.15) is 5.75 Å². The van der Waals surface area contributed by atoms with Crippen LogP contribution in [0, 0.1) is 0 Å². The zero-order chi connectivity index (χ0) is 19.4. The van der Waals surface area contributed by atoms with E-state index in [-0.39, 0.29) is 11.2 Å². The summed E-state index contributed by atoms with van der Waals surface area (Å²) in [5, 5.41) is 9.15. The number of ether oxygens (including phenoxy) is 1. The third-order valence-electron chi connectivity index (χ3n) is 4.94. The van der Waals surface area contributed by atoms with Crippen LogP contribution in [0.5, 0.6) is 5.75 Å². The number of aromatic nitrogens is 3. The van der Waals surface area contributed by atoms with Crippen molar-refractivity contribution in [1.82, 2.24) is 24.6 Å². The van der Waals surface area contributed by atoms with Crippen LogP contribution in [0.4, 0.5) is 0 Å². The molecule has 1 fully saturated rings. The number of hydrogen-bond acceptors (Lipinski definition) is 6. The third kappa shape index (κ3) is 4.27. The molecule has 1 saturated heterocycles. The maximum Gasteiger partial charge on any atom is 0.235 e. The molecule has 1 aliphatic heterocycles. The second-order valence-electron chi connectivity index (χ2n) is 6.59. The Balaban J connectivity index is 1.69. The smallest absolute Gasteiger partial charge is 0.235 e. The molecule has 1 aromatic carbocycles. The van der Waals surface area contributed by atoms with E-state index >= 15 is 0 Å². The van der Waals surface area contributed by atoms with Gasteiger partial charge in [0, 0.05) is 33.2 Å². The molecular weight excluding hydrogens is 362 g/mol. The summed E-state index contributed by atoms with van der Waals surface area (Å²) in [4.78, 5) is 17.1. The van der Waals surface area contributed by atoms with Crippen LogP contribution in [0.3, 0.4) is 0 Å². The van der Waals surface area contributed by atoms with E-state index in [1.54, 1.807) is 7.11 Å². The zero-order valence-corrected chi connectivity index (χ0v) is 17.2. The van der Waals surface area contributed by atoms with Crippen LogP contribution in [0.1, 0.15) is 13.8 Å². The minimum absolute atomic E-state index is 0.164. The molecule has 1 unspecified atom stereocenters. The number of carbonyl (C=O) groups excluding carboxylic acids is 1. The van der Waals surface area contributed by atoms with Gasteiger partial charge in [0.15, 0.2) is 11.0 Å². The topological polar surface area (TPSA) is 63.5 Å². The lowest BCUT2D eigenvalue weighted by Crippen LogP contribution is -2.50. The van der Waals surface area contributed by atoms with Gasteiger partial charge in [0.05, 0.1) is 17.9 Å². The molecule has 0 spiro atoms. The summed E-state index contributed by atoms with van der Waals surface area (Å²) < 4.78 is 7.35. The molecule has 2 heterocycles. The Morgan fingerprint density at radius 3 is 2.59 bits per heavy atom. The van der Waals surface area contributed by atoms with Crippen molar-refractivity contribution in [2.75, 3.05) is 39.8 Å². The van der Waals surface area contributed by atoms with Crippen molar-refractivity contribution in [1.29, 1.82) is 0 Å². The van der Waals surface area contributed by atoms with Gasteiger partial charge in [-0.1, -0.05) is 30.8 Å². The first-order valence-corrected chi connectivity index (χ1v) is 10.1. The minimum Gasteiger partial charge on any atom is -0.496 e. The molecule has 1 aromatic heterocycles. The molecule has 146 valence electrons. The summed E-state index contributed by atoms with van der Waals surface area (Å²) in [5.74, 6) is 1.64. The maximum atomic E-state index is 12.8. The standard InChI is InChI=1S/C19H27N5O2S/c1-5-23-10-12-24(13-11-23)18(25)14(2)27-19-21-20-17(22(19)3)15-8-6-7-9-16(15)26-4/h6-9,14H,5,10-13H2,1-4H3. The third-order valence-corrected chi connectivity index (χ3v) is 6.07. The number of likely N-dealkylation sites (N-methyl/N-ethyl adjacent to an activating group) is 1. The van der Waals surface area contributed by atoms with Crippen molar-refractivity contribution in [3.63, 3.8) is 0 Å². The molecule has 27 heavy (non-hydrogen) atoms. The van der Waals surface area contributed by atoms with E-state index in [0.29, 0.717) is 0 Å². The Bertz CT molecular complexity index is 786. The summed E-state index contributed by atoms with van der Waals surface area (Å²) in [5.41, 5.74) is 0.886. The Labute approximate surface area is 164 Å². The van der Waals surface area contributed by atoms with Gasteiger partial charge in [-0.2, -0.15) is 0 Å². The number of thioether (sulfide) groups is 1. The highest BCUT2D eigenvalue weighted by Gasteiger charge is 2.26. The Hall–Kier alpha value is -2.06. The Morgan fingerprint density at radius 1 is 1.22 bits per heavy atom. The van der Waals surface area contributed by atoms with Crippen molar-refractivity contribution < 1.29 is 9.53 Å². The van der Waals surface area contributed by atoms with Crippen LogP contribution in [-0.2, 0) is 11.8 Å². The van der Waals surface area contributed by atoms with Gasteiger partial charge in [-0.3, -0.25) is 4.79 Å². The largest absolute Gasteiger partial charge is 0.496 e. The molecule has 2 aromatic rings. The second-order valence-corrected chi connectivity index (χ2v) is 7.89. The highest BCUT2D eigenvalue weighted by Crippen LogP contribution is 2.31. The average Bonchev–Trinajstić information content (AvgIpc) is 3.07. The molecule has 1 atom stereocenters. The molecule has 0 radical (unpaired) electrons. The second kappa shape index (κ2) is 8.75. The van der Waals surface area contributed by atoms with Crippen molar-refractivity contribution >= 4 is 17.7 Å². The first kappa shape index (κ1) is 19.7. The van der Waals surface area contributed by atoms with E-state index in [1.165, 1.54) is 11.8 Å². The Morgan fingerprint density at radius 2 is 1.93 bits per heavy atom. The van der Waals surface area contributed by atoms with Gasteiger partial charge in [0.2, 0.25) is 5.91 Å². The molecule has 8 heteroatoms. The highest BCUT2D eigenvalue weighted by atomic mass is 32.2. The summed E-state index contributed by atoms with van der Waals surface area (Å²) in [7, 11) is 3.56. The van der Waals surface area contributed by atoms with Crippen LogP contribution in [0.2, 0.25) is 0 Å². The first-order chi connectivity index (χ1) is 13.0. The molecule has 1 aliphatic rings. The van der Waals surface area contributed by atoms with Crippen LogP contribution < -0.4 is 4.74 Å². The molecular formula is C19H27N5O2S. The zero-order valence-electron chi connectivity index (χ0n) is 16.4. The number of amides is 1. The minimum atomic E-state index is -0.202. The lowest BCUT2D eigenvalue weighted by molar-refractivity contribution is -0.132. The number of para-hydroxylation sites is 1. The van der Waals surface area contributed by atoms with Crippen molar-refractivity contribution in [3.8, 4) is 17.1 Å². The Kier molecular flexibility index (Phi) is 6.38. The van der Waals surface area contributed by atoms with Gasteiger partial charge < -0.3 is 19.1 Å². The van der Waals surface area contributed by atoms with Gasteiger partial charge >= 0.3 is 0 Å². The van der Waals surface area contributed by atoms with Crippen LogP contribution in [0.15, 0.2) is 29.4 Å². The van der Waals surface area contributed by atoms with Gasteiger partial charge in [-0.05, 0) is 25.6 Å². The fourth-order valence-corrected chi connectivity index (χ4v) is 4.13. The van der Waals surface area contributed by atoms with Crippen molar-refractivity contribution in [2.45, 2.75) is 24.3 Å². The van der Waals surface area contributed by atoms with Gasteiger partial charge in [-0.15, -0.1) is 10.2 Å². The predicted molar refractivity (Wildman–Crippen MR) is 107 cm³/mol. The normalized spacial score (nSPS) is 16.4. The van der Waals surface area contributed by atoms with Crippen LogP contribution in [0.25, 0.3) is 11.4 Å². The number of nitrogens with zero attached hydrogens (tertiary/aromatic N) is 5. The summed E-state index contributed by atoms with van der Waals surface area (Å²) in [6, 6.07) is 7.73. The van der Waals surface area contributed by atoms with Gasteiger partial charge in [0.25, 0.3) is 0 Å². The van der Waals surface area contributed by atoms with E-state index in [0.717, 1.165) is 55.0 Å². The van der Waals surface area contributed by atoms with Crippen LogP contribution >= 0.6 is 11.8 Å². The van der Waals surface area contributed by atoms with E-state index in [9.17, 15) is 4.79 Å². The quantitative estimate of drug-likeness (QED) is 0.706. The van der Waals surface area contributed by atoms with E-state index in [4.69, 9.17) is 4.74 Å². The highest BCUT2D eigenvalue weighted by molar-refractivity contribution is 8.00. The number of methoxy groups -OCH3 is 1. The summed E-state index contributed by atoms with van der Waals surface area (Å²) in [6.45, 7) is 8.62. The fourth-order valence-electron chi connectivity index (χ4n) is 3.23. The van der Waals surface area contributed by atoms with E-state index < -0.39 is 0 Å². The SMILES string of the molecule is CCN1CCN(C(=O)C(C)Sc2nnc(-c3ccccc3OC)n2C)CC1. The van der Waals surface area contributed by atoms with E-state index in [1.807, 2.05) is 47.7 Å². The fraction of sp³-hybridized carbons (Fsp3) is 0.526. The van der Waals surface area contributed by atoms with Gasteiger partial charge in [-0.25, -0.2) is 0 Å². The first-order valence-electron chi connectivity index (χ1n) is 9.25. The molecule has 1 amide bonds. The van der Waals surface area contributed by atoms with E-state index in [2.05, 4.69) is 22.0 Å².